The summed E-state index contributed by atoms with van der Waals surface area (Å²) in [7, 11) is 0. The van der Waals surface area contributed by atoms with Gasteiger partial charge in [-0.2, -0.15) is 0 Å². The molecule has 21 heavy (non-hydrogen) atoms. The van der Waals surface area contributed by atoms with Crippen molar-refractivity contribution >= 4 is 0 Å². The number of aliphatic hydroxyl groups excluding tert-OH is 1. The van der Waals surface area contributed by atoms with Crippen LogP contribution >= 0.6 is 0 Å². The largest absolute Gasteiger partial charge is 0.392 e. The topological polar surface area (TPSA) is 38.7 Å². The lowest BCUT2D eigenvalue weighted by Crippen LogP contribution is -2.47. The Kier molecular flexibility index (Phi) is 4.63. The van der Waals surface area contributed by atoms with Crippen LogP contribution < -0.4 is 0 Å². The summed E-state index contributed by atoms with van der Waals surface area (Å²) in [5, 5.41) is 10.6. The molecule has 2 saturated heterocycles. The number of aliphatic hydroxyl groups is 1. The number of hydrogen-bond acceptors (Lipinski definition) is 3. The van der Waals surface area contributed by atoms with Crippen LogP contribution in [0.2, 0.25) is 0 Å². The number of ether oxygens (including phenoxy) is 2. The summed E-state index contributed by atoms with van der Waals surface area (Å²) in [6, 6.07) is 8.45. The molecule has 2 aliphatic rings. The van der Waals surface area contributed by atoms with E-state index in [2.05, 4.69) is 31.2 Å². The summed E-state index contributed by atoms with van der Waals surface area (Å²) in [6.07, 6.45) is 4.37. The van der Waals surface area contributed by atoms with Crippen molar-refractivity contribution in [3.8, 4) is 0 Å². The summed E-state index contributed by atoms with van der Waals surface area (Å²) < 4.78 is 11.5. The molecule has 0 bridgehead atoms. The molecule has 1 spiro atoms. The summed E-state index contributed by atoms with van der Waals surface area (Å²) in [4.78, 5) is 0. The Labute approximate surface area is 127 Å². The van der Waals surface area contributed by atoms with E-state index in [0.29, 0.717) is 5.92 Å². The Morgan fingerprint density at radius 2 is 2.10 bits per heavy atom. The van der Waals surface area contributed by atoms with Gasteiger partial charge in [0.05, 0.1) is 11.7 Å². The summed E-state index contributed by atoms with van der Waals surface area (Å²) in [6.45, 7) is 4.46. The van der Waals surface area contributed by atoms with Crippen LogP contribution in [0, 0.1) is 12.8 Å². The first-order valence-corrected chi connectivity index (χ1v) is 8.12. The van der Waals surface area contributed by atoms with Crippen LogP contribution in [0.1, 0.15) is 36.8 Å². The number of benzene rings is 1. The highest BCUT2D eigenvalue weighted by Crippen LogP contribution is 2.38. The van der Waals surface area contributed by atoms with E-state index < -0.39 is 0 Å². The van der Waals surface area contributed by atoms with Crippen LogP contribution in [0.3, 0.4) is 0 Å². The predicted octanol–water partition coefficient (Wildman–Crippen LogP) is 2.87. The van der Waals surface area contributed by atoms with Gasteiger partial charge in [-0.3, -0.25) is 0 Å². The van der Waals surface area contributed by atoms with Crippen molar-refractivity contribution in [3.63, 3.8) is 0 Å². The maximum atomic E-state index is 10.6. The summed E-state index contributed by atoms with van der Waals surface area (Å²) in [5.74, 6) is 0.345. The molecule has 0 radical (unpaired) electrons. The highest BCUT2D eigenvalue weighted by molar-refractivity contribution is 5.22. The van der Waals surface area contributed by atoms with Crippen molar-refractivity contribution in [2.75, 3.05) is 19.8 Å². The average Bonchev–Trinajstić information content (AvgIpc) is 2.48. The quantitative estimate of drug-likeness (QED) is 0.930. The molecule has 1 N–H and O–H groups in total. The Hall–Kier alpha value is -0.900. The predicted molar refractivity (Wildman–Crippen MR) is 82.3 cm³/mol. The third-order valence-corrected chi connectivity index (χ3v) is 5.01. The SMILES string of the molecule is Cc1cccc(CC(O)C2CCOC3(CCOCC3)C2)c1. The van der Waals surface area contributed by atoms with E-state index in [9.17, 15) is 5.11 Å². The van der Waals surface area contributed by atoms with Crippen LogP contribution in [0.15, 0.2) is 24.3 Å². The molecule has 3 heteroatoms. The molecule has 2 fully saturated rings. The third-order valence-electron chi connectivity index (χ3n) is 5.01. The first-order chi connectivity index (χ1) is 10.2. The van der Waals surface area contributed by atoms with E-state index in [4.69, 9.17) is 9.47 Å². The maximum Gasteiger partial charge on any atom is 0.0730 e. The fourth-order valence-corrected chi connectivity index (χ4v) is 3.73. The Morgan fingerprint density at radius 3 is 2.86 bits per heavy atom. The molecule has 3 nitrogen and oxygen atoms in total. The third kappa shape index (κ3) is 3.65. The second-order valence-electron chi connectivity index (χ2n) is 6.66. The van der Waals surface area contributed by atoms with Gasteiger partial charge in [-0.1, -0.05) is 29.8 Å². The highest BCUT2D eigenvalue weighted by atomic mass is 16.5. The number of hydrogen-bond donors (Lipinski definition) is 1. The molecule has 0 aliphatic carbocycles. The van der Waals surface area contributed by atoms with Crippen LogP contribution in [-0.2, 0) is 15.9 Å². The number of rotatable bonds is 3. The van der Waals surface area contributed by atoms with Crippen molar-refractivity contribution in [2.24, 2.45) is 5.92 Å². The Balaban J connectivity index is 1.62. The van der Waals surface area contributed by atoms with Crippen LogP contribution in [0.5, 0.6) is 0 Å². The molecule has 0 aromatic heterocycles. The van der Waals surface area contributed by atoms with Crippen LogP contribution in [0.25, 0.3) is 0 Å². The van der Waals surface area contributed by atoms with Crippen molar-refractivity contribution in [3.05, 3.63) is 35.4 Å². The summed E-state index contributed by atoms with van der Waals surface area (Å²) >= 11 is 0. The standard InChI is InChI=1S/C18H26O3/c1-14-3-2-4-15(11-14)12-17(19)16-5-8-21-18(13-16)6-9-20-10-7-18/h2-4,11,16-17,19H,5-10,12-13H2,1H3. The molecule has 3 rings (SSSR count). The van der Waals surface area contributed by atoms with Crippen molar-refractivity contribution < 1.29 is 14.6 Å². The second-order valence-corrected chi connectivity index (χ2v) is 6.66. The zero-order valence-corrected chi connectivity index (χ0v) is 12.9. The van der Waals surface area contributed by atoms with E-state index in [1.807, 2.05) is 0 Å². The van der Waals surface area contributed by atoms with Gasteiger partial charge < -0.3 is 14.6 Å². The smallest absolute Gasteiger partial charge is 0.0730 e. The minimum atomic E-state index is -0.268. The molecule has 2 unspecified atom stereocenters. The fraction of sp³-hybridized carbons (Fsp3) is 0.667. The zero-order chi connectivity index (χ0) is 14.7. The molecule has 2 atom stereocenters. The molecule has 0 saturated carbocycles. The minimum absolute atomic E-state index is 0.0330. The van der Waals surface area contributed by atoms with Gasteiger partial charge in [0, 0.05) is 19.8 Å². The lowest BCUT2D eigenvalue weighted by atomic mass is 9.77. The monoisotopic (exact) mass is 290 g/mol. The van der Waals surface area contributed by atoms with Crippen LogP contribution in [-0.4, -0.2) is 36.6 Å². The molecule has 2 heterocycles. The molecule has 116 valence electrons. The average molecular weight is 290 g/mol. The number of aryl methyl sites for hydroxylation is 1. The summed E-state index contributed by atoms with van der Waals surface area (Å²) in [5.41, 5.74) is 2.46. The van der Waals surface area contributed by atoms with Crippen molar-refractivity contribution in [1.29, 1.82) is 0 Å². The van der Waals surface area contributed by atoms with Gasteiger partial charge in [0.25, 0.3) is 0 Å². The molecular formula is C18H26O3. The van der Waals surface area contributed by atoms with Gasteiger partial charge in [0.15, 0.2) is 0 Å². The molecule has 1 aromatic carbocycles. The van der Waals surface area contributed by atoms with Gasteiger partial charge in [0.1, 0.15) is 0 Å². The Bertz CT molecular complexity index is 460. The van der Waals surface area contributed by atoms with E-state index in [1.165, 1.54) is 11.1 Å². The normalized spacial score (nSPS) is 26.7. The first kappa shape index (κ1) is 15.0. The van der Waals surface area contributed by atoms with Gasteiger partial charge in [-0.15, -0.1) is 0 Å². The highest BCUT2D eigenvalue weighted by Gasteiger charge is 2.40. The Morgan fingerprint density at radius 1 is 1.29 bits per heavy atom. The minimum Gasteiger partial charge on any atom is -0.392 e. The molecule has 0 amide bonds. The zero-order valence-electron chi connectivity index (χ0n) is 12.9. The van der Waals surface area contributed by atoms with Crippen LogP contribution in [0.4, 0.5) is 0 Å². The van der Waals surface area contributed by atoms with E-state index in [0.717, 1.165) is 51.9 Å². The molecular weight excluding hydrogens is 264 g/mol. The molecule has 1 aromatic rings. The molecule has 2 aliphatic heterocycles. The lowest BCUT2D eigenvalue weighted by molar-refractivity contribution is -0.158. The van der Waals surface area contributed by atoms with Gasteiger partial charge in [0.2, 0.25) is 0 Å². The van der Waals surface area contributed by atoms with Gasteiger partial charge >= 0.3 is 0 Å². The maximum absolute atomic E-state index is 10.6. The second kappa shape index (κ2) is 6.47. The first-order valence-electron chi connectivity index (χ1n) is 8.12. The van der Waals surface area contributed by atoms with Gasteiger partial charge in [-0.05, 0) is 50.5 Å². The van der Waals surface area contributed by atoms with Crippen molar-refractivity contribution in [2.45, 2.75) is 50.7 Å². The van der Waals surface area contributed by atoms with E-state index in [-0.39, 0.29) is 11.7 Å². The van der Waals surface area contributed by atoms with Gasteiger partial charge in [-0.25, -0.2) is 0 Å². The fourth-order valence-electron chi connectivity index (χ4n) is 3.73. The van der Waals surface area contributed by atoms with E-state index in [1.54, 1.807) is 0 Å². The van der Waals surface area contributed by atoms with E-state index >= 15 is 0 Å². The lowest BCUT2D eigenvalue weighted by Gasteiger charge is -2.44. The van der Waals surface area contributed by atoms with Crippen molar-refractivity contribution in [1.82, 2.24) is 0 Å².